The molecule has 0 heterocycles. The topological polar surface area (TPSA) is 41.5 Å². The van der Waals surface area contributed by atoms with Crippen molar-refractivity contribution in [2.75, 3.05) is 18.5 Å². The molecule has 3 nitrogen and oxygen atoms in total. The zero-order chi connectivity index (χ0) is 15.2. The second-order valence-electron chi connectivity index (χ2n) is 4.76. The van der Waals surface area contributed by atoms with E-state index in [4.69, 9.17) is 16.3 Å². The van der Waals surface area contributed by atoms with Crippen LogP contribution in [0.3, 0.4) is 0 Å². The van der Waals surface area contributed by atoms with Gasteiger partial charge in [-0.05, 0) is 36.8 Å². The molecule has 2 N–H and O–H groups in total. The first-order valence-electron chi connectivity index (χ1n) is 6.61. The molecule has 0 spiro atoms. The van der Waals surface area contributed by atoms with Gasteiger partial charge in [0.2, 0.25) is 0 Å². The number of hydrogen-bond donors (Lipinski definition) is 2. The fourth-order valence-corrected chi connectivity index (χ4v) is 1.99. The Balaban J connectivity index is 1.82. The first kappa shape index (κ1) is 15.6. The summed E-state index contributed by atoms with van der Waals surface area (Å²) in [4.78, 5) is 0. The molecule has 2 rings (SSSR count). The maximum absolute atomic E-state index is 13.6. The molecule has 0 saturated carbocycles. The summed E-state index contributed by atoms with van der Waals surface area (Å²) in [5.74, 6) is 0.175. The summed E-state index contributed by atoms with van der Waals surface area (Å²) in [6, 6.07) is 11.9. The van der Waals surface area contributed by atoms with Crippen LogP contribution in [0.5, 0.6) is 5.75 Å². The summed E-state index contributed by atoms with van der Waals surface area (Å²) in [7, 11) is 0. The molecule has 0 fully saturated rings. The van der Waals surface area contributed by atoms with Crippen LogP contribution >= 0.6 is 11.6 Å². The lowest BCUT2D eigenvalue weighted by Gasteiger charge is -2.15. The highest BCUT2D eigenvalue weighted by atomic mass is 35.5. The highest BCUT2D eigenvalue weighted by Gasteiger charge is 2.09. The van der Waals surface area contributed by atoms with Crippen LogP contribution in [0.2, 0.25) is 5.02 Å². The van der Waals surface area contributed by atoms with Gasteiger partial charge in [0.1, 0.15) is 24.3 Å². The van der Waals surface area contributed by atoms with Crippen molar-refractivity contribution in [1.29, 1.82) is 0 Å². The number of benzene rings is 2. The van der Waals surface area contributed by atoms with Gasteiger partial charge in [-0.3, -0.25) is 0 Å². The second kappa shape index (κ2) is 7.29. The van der Waals surface area contributed by atoms with E-state index in [9.17, 15) is 9.50 Å². The number of anilines is 1. The van der Waals surface area contributed by atoms with Crippen molar-refractivity contribution >= 4 is 17.3 Å². The molecule has 0 aliphatic rings. The number of para-hydroxylation sites is 1. The number of ether oxygens (including phenoxy) is 1. The molecular weight excluding hydrogens is 293 g/mol. The van der Waals surface area contributed by atoms with Gasteiger partial charge >= 0.3 is 0 Å². The fraction of sp³-hybridized carbons (Fsp3) is 0.250. The smallest absolute Gasteiger partial charge is 0.146 e. The molecule has 5 heteroatoms. The molecule has 0 amide bonds. The summed E-state index contributed by atoms with van der Waals surface area (Å²) >= 11 is 5.94. The lowest BCUT2D eigenvalue weighted by atomic mass is 10.2. The fourth-order valence-electron chi connectivity index (χ4n) is 1.80. The third kappa shape index (κ3) is 4.62. The molecule has 1 atom stereocenters. The number of aliphatic hydroxyl groups excluding tert-OH is 1. The van der Waals surface area contributed by atoms with E-state index < -0.39 is 6.10 Å². The third-order valence-corrected chi connectivity index (χ3v) is 3.23. The minimum absolute atomic E-state index is 0.0736. The zero-order valence-electron chi connectivity index (χ0n) is 11.6. The number of aliphatic hydroxyl groups is 1. The maximum Gasteiger partial charge on any atom is 0.146 e. The Bertz CT molecular complexity index is 607. The van der Waals surface area contributed by atoms with Crippen molar-refractivity contribution < 1.29 is 14.2 Å². The molecule has 0 radical (unpaired) electrons. The van der Waals surface area contributed by atoms with Gasteiger partial charge in [0.15, 0.2) is 0 Å². The summed E-state index contributed by atoms with van der Waals surface area (Å²) in [5, 5.41) is 13.2. The lowest BCUT2D eigenvalue weighted by Crippen LogP contribution is -2.26. The largest absolute Gasteiger partial charge is 0.489 e. The number of halogens is 2. The van der Waals surface area contributed by atoms with Crippen LogP contribution < -0.4 is 10.1 Å². The maximum atomic E-state index is 13.6. The van der Waals surface area contributed by atoms with Gasteiger partial charge in [-0.25, -0.2) is 4.39 Å². The van der Waals surface area contributed by atoms with Gasteiger partial charge < -0.3 is 15.2 Å². The monoisotopic (exact) mass is 309 g/mol. The number of rotatable bonds is 6. The van der Waals surface area contributed by atoms with Gasteiger partial charge in [0, 0.05) is 6.54 Å². The Labute approximate surface area is 128 Å². The Hall–Kier alpha value is -1.78. The van der Waals surface area contributed by atoms with Crippen LogP contribution in [0.1, 0.15) is 5.56 Å². The third-order valence-electron chi connectivity index (χ3n) is 2.92. The van der Waals surface area contributed by atoms with Gasteiger partial charge in [-0.15, -0.1) is 0 Å². The average Bonchev–Trinajstić information content (AvgIpc) is 2.45. The van der Waals surface area contributed by atoms with Crippen LogP contribution in [0.15, 0.2) is 42.5 Å². The van der Waals surface area contributed by atoms with Crippen molar-refractivity contribution in [2.24, 2.45) is 0 Å². The highest BCUT2D eigenvalue weighted by Crippen LogP contribution is 2.23. The quantitative estimate of drug-likeness (QED) is 0.856. The standard InChI is InChI=1S/C16H17ClFNO2/c1-11-6-7-15(14(18)8-11)19-9-12(20)10-21-16-5-3-2-4-13(16)17/h2-8,12,19-20H,9-10H2,1H3. The van der Waals surface area contributed by atoms with Crippen molar-refractivity contribution in [3.05, 3.63) is 58.9 Å². The van der Waals surface area contributed by atoms with Crippen molar-refractivity contribution in [1.82, 2.24) is 0 Å². The van der Waals surface area contributed by atoms with Crippen LogP contribution in [0.4, 0.5) is 10.1 Å². The van der Waals surface area contributed by atoms with E-state index in [2.05, 4.69) is 5.32 Å². The Morgan fingerprint density at radius 2 is 2.05 bits per heavy atom. The summed E-state index contributed by atoms with van der Waals surface area (Å²) in [6.07, 6.45) is -0.776. The summed E-state index contributed by atoms with van der Waals surface area (Å²) < 4.78 is 19.0. The van der Waals surface area contributed by atoms with Crippen molar-refractivity contribution in [2.45, 2.75) is 13.0 Å². The van der Waals surface area contributed by atoms with E-state index in [-0.39, 0.29) is 19.0 Å². The molecule has 0 aliphatic heterocycles. The molecule has 0 bridgehead atoms. The van der Waals surface area contributed by atoms with E-state index in [1.54, 1.807) is 36.4 Å². The molecular formula is C16H17ClFNO2. The predicted molar refractivity (Wildman–Crippen MR) is 82.6 cm³/mol. The first-order valence-corrected chi connectivity index (χ1v) is 6.99. The molecule has 1 unspecified atom stereocenters. The summed E-state index contributed by atoms with van der Waals surface area (Å²) in [5.41, 5.74) is 1.21. The lowest BCUT2D eigenvalue weighted by molar-refractivity contribution is 0.117. The second-order valence-corrected chi connectivity index (χ2v) is 5.17. The normalized spacial score (nSPS) is 12.0. The first-order chi connectivity index (χ1) is 10.1. The highest BCUT2D eigenvalue weighted by molar-refractivity contribution is 6.32. The average molecular weight is 310 g/mol. The molecule has 0 aromatic heterocycles. The predicted octanol–water partition coefficient (Wildman–Crippen LogP) is 3.64. The molecule has 2 aromatic carbocycles. The van der Waals surface area contributed by atoms with E-state index in [1.807, 2.05) is 6.92 Å². The van der Waals surface area contributed by atoms with Gasteiger partial charge in [0.05, 0.1) is 10.7 Å². The van der Waals surface area contributed by atoms with Crippen LogP contribution in [-0.2, 0) is 0 Å². The van der Waals surface area contributed by atoms with Gasteiger partial charge in [-0.2, -0.15) is 0 Å². The van der Waals surface area contributed by atoms with E-state index >= 15 is 0 Å². The SMILES string of the molecule is Cc1ccc(NCC(O)COc2ccccc2Cl)c(F)c1. The Kier molecular flexibility index (Phi) is 5.42. The van der Waals surface area contributed by atoms with E-state index in [0.717, 1.165) is 5.56 Å². The van der Waals surface area contributed by atoms with Crippen molar-refractivity contribution in [3.63, 3.8) is 0 Å². The minimum atomic E-state index is -0.776. The van der Waals surface area contributed by atoms with E-state index in [1.165, 1.54) is 6.07 Å². The number of nitrogens with one attached hydrogen (secondary N) is 1. The van der Waals surface area contributed by atoms with Crippen LogP contribution in [-0.4, -0.2) is 24.4 Å². The van der Waals surface area contributed by atoms with Crippen LogP contribution in [0, 0.1) is 12.7 Å². The Morgan fingerprint density at radius 1 is 1.29 bits per heavy atom. The molecule has 0 aliphatic carbocycles. The van der Waals surface area contributed by atoms with Crippen molar-refractivity contribution in [3.8, 4) is 5.75 Å². The zero-order valence-corrected chi connectivity index (χ0v) is 12.4. The minimum Gasteiger partial charge on any atom is -0.489 e. The number of hydrogen-bond acceptors (Lipinski definition) is 3. The van der Waals surface area contributed by atoms with E-state index in [0.29, 0.717) is 16.5 Å². The molecule has 0 saturated heterocycles. The molecule has 112 valence electrons. The number of aryl methyl sites for hydroxylation is 1. The van der Waals surface area contributed by atoms with Gasteiger partial charge in [-0.1, -0.05) is 29.8 Å². The summed E-state index contributed by atoms with van der Waals surface area (Å²) in [6.45, 7) is 2.08. The molecule has 2 aromatic rings. The van der Waals surface area contributed by atoms with Gasteiger partial charge in [0.25, 0.3) is 0 Å². The Morgan fingerprint density at radius 3 is 2.76 bits per heavy atom. The molecule has 21 heavy (non-hydrogen) atoms. The van der Waals surface area contributed by atoms with Crippen LogP contribution in [0.25, 0.3) is 0 Å².